The second-order valence-electron chi connectivity index (χ2n) is 4.98. The first-order valence-electron chi connectivity index (χ1n) is 7.06. The first-order valence-corrected chi connectivity index (χ1v) is 8.84. The van der Waals surface area contributed by atoms with Crippen molar-refractivity contribution in [3.05, 3.63) is 34.3 Å². The van der Waals surface area contributed by atoms with Crippen molar-refractivity contribution in [1.82, 2.24) is 5.32 Å². The van der Waals surface area contributed by atoms with Gasteiger partial charge in [0.15, 0.2) is 0 Å². The van der Waals surface area contributed by atoms with Crippen molar-refractivity contribution in [2.45, 2.75) is 31.7 Å². The number of thioether (sulfide) groups is 1. The molecule has 1 aromatic carbocycles. The number of alkyl halides is 3. The molecule has 6 heteroatoms. The fourth-order valence-corrected chi connectivity index (χ4v) is 3.00. The van der Waals surface area contributed by atoms with Crippen molar-refractivity contribution >= 4 is 27.7 Å². The van der Waals surface area contributed by atoms with E-state index in [1.165, 1.54) is 5.56 Å². The van der Waals surface area contributed by atoms with Gasteiger partial charge in [0.05, 0.1) is 0 Å². The molecular weight excluding hydrogens is 363 g/mol. The highest BCUT2D eigenvalue weighted by Gasteiger charge is 2.28. The first kappa shape index (κ1) is 18.8. The van der Waals surface area contributed by atoms with Crippen LogP contribution in [0.25, 0.3) is 0 Å². The summed E-state index contributed by atoms with van der Waals surface area (Å²) in [6.45, 7) is 3.75. The lowest BCUT2D eigenvalue weighted by molar-refractivity contribution is -0.0328. The van der Waals surface area contributed by atoms with Gasteiger partial charge in [0.2, 0.25) is 0 Å². The van der Waals surface area contributed by atoms with E-state index in [0.29, 0.717) is 6.42 Å². The Balaban J connectivity index is 2.48. The van der Waals surface area contributed by atoms with E-state index in [1.807, 2.05) is 24.3 Å². The Morgan fingerprint density at radius 3 is 2.48 bits per heavy atom. The van der Waals surface area contributed by atoms with Crippen LogP contribution in [0.2, 0.25) is 0 Å². The molecule has 0 bridgehead atoms. The van der Waals surface area contributed by atoms with Crippen LogP contribution in [0.15, 0.2) is 28.7 Å². The predicted molar refractivity (Wildman–Crippen MR) is 87.6 cm³/mol. The van der Waals surface area contributed by atoms with E-state index in [1.54, 1.807) is 0 Å². The fraction of sp³-hybridized carbons (Fsp3) is 0.600. The topological polar surface area (TPSA) is 12.0 Å². The molecule has 1 N–H and O–H groups in total. The molecule has 0 aliphatic heterocycles. The van der Waals surface area contributed by atoms with Crippen molar-refractivity contribution in [1.29, 1.82) is 0 Å². The molecule has 0 spiro atoms. The maximum atomic E-state index is 12.2. The number of rotatable bonds is 9. The molecule has 0 saturated carbocycles. The van der Waals surface area contributed by atoms with E-state index in [4.69, 9.17) is 0 Å². The summed E-state index contributed by atoms with van der Waals surface area (Å²) in [6.07, 6.45) is 2.40. The summed E-state index contributed by atoms with van der Waals surface area (Å²) >= 11 is 3.46. The highest BCUT2D eigenvalue weighted by molar-refractivity contribution is 9.10. The van der Waals surface area contributed by atoms with Crippen molar-refractivity contribution in [3.8, 4) is 0 Å². The summed E-state index contributed by atoms with van der Waals surface area (Å²) in [7, 11) is 0. The minimum atomic E-state index is -4.13. The van der Waals surface area contributed by atoms with Crippen LogP contribution >= 0.6 is 27.7 Å². The standard InChI is InChI=1S/C15H21BrF3NS/c1-2-8-20-11-13(7-9-21-15(17,18)19)10-12-3-5-14(16)6-4-12/h3-6,13,20H,2,7-11H2,1H3. The third kappa shape index (κ3) is 9.42. The van der Waals surface area contributed by atoms with Gasteiger partial charge in [-0.05, 0) is 56.0 Å². The molecule has 0 aromatic heterocycles. The van der Waals surface area contributed by atoms with Crippen LogP contribution < -0.4 is 5.32 Å². The van der Waals surface area contributed by atoms with E-state index in [0.717, 1.165) is 30.4 Å². The highest BCUT2D eigenvalue weighted by Crippen LogP contribution is 2.31. The molecule has 1 nitrogen and oxygen atoms in total. The first-order chi connectivity index (χ1) is 9.90. The van der Waals surface area contributed by atoms with Gasteiger partial charge in [0, 0.05) is 10.2 Å². The number of halogens is 4. The zero-order chi connectivity index (χ0) is 15.7. The van der Waals surface area contributed by atoms with Crippen LogP contribution in [0, 0.1) is 5.92 Å². The minimum absolute atomic E-state index is 0.0788. The number of hydrogen-bond donors (Lipinski definition) is 1. The molecular formula is C15H21BrF3NS. The molecule has 21 heavy (non-hydrogen) atoms. The molecule has 1 aromatic rings. The van der Waals surface area contributed by atoms with E-state index in [9.17, 15) is 13.2 Å². The molecule has 0 fully saturated rings. The summed E-state index contributed by atoms with van der Waals surface area (Å²) in [5, 5.41) is 3.31. The lowest BCUT2D eigenvalue weighted by Crippen LogP contribution is -2.25. The Morgan fingerprint density at radius 2 is 1.90 bits per heavy atom. The monoisotopic (exact) mass is 383 g/mol. The third-order valence-electron chi connectivity index (χ3n) is 3.09. The molecule has 1 rings (SSSR count). The van der Waals surface area contributed by atoms with Gasteiger partial charge in [0.1, 0.15) is 0 Å². The average Bonchev–Trinajstić information content (AvgIpc) is 2.40. The number of benzene rings is 1. The summed E-state index contributed by atoms with van der Waals surface area (Å²) in [6, 6.07) is 7.98. The Bertz CT molecular complexity index is 395. The van der Waals surface area contributed by atoms with Gasteiger partial charge in [-0.1, -0.05) is 46.7 Å². The molecule has 0 amide bonds. The van der Waals surface area contributed by atoms with Gasteiger partial charge < -0.3 is 5.32 Å². The number of nitrogens with one attached hydrogen (secondary N) is 1. The normalized spacial score (nSPS) is 13.4. The van der Waals surface area contributed by atoms with Crippen LogP contribution in [0.5, 0.6) is 0 Å². The molecule has 120 valence electrons. The van der Waals surface area contributed by atoms with Gasteiger partial charge in [-0.25, -0.2) is 0 Å². The van der Waals surface area contributed by atoms with Crippen molar-refractivity contribution < 1.29 is 13.2 Å². The lowest BCUT2D eigenvalue weighted by Gasteiger charge is -2.18. The van der Waals surface area contributed by atoms with Crippen LogP contribution in [0.3, 0.4) is 0 Å². The minimum Gasteiger partial charge on any atom is -0.316 e. The maximum Gasteiger partial charge on any atom is 0.441 e. The van der Waals surface area contributed by atoms with E-state index in [2.05, 4.69) is 28.2 Å². The van der Waals surface area contributed by atoms with Gasteiger partial charge in [-0.2, -0.15) is 13.2 Å². The SMILES string of the molecule is CCCNCC(CCSC(F)(F)F)Cc1ccc(Br)cc1. The molecule has 1 atom stereocenters. The van der Waals surface area contributed by atoms with Gasteiger partial charge in [-0.3, -0.25) is 0 Å². The average molecular weight is 384 g/mol. The third-order valence-corrected chi connectivity index (χ3v) is 4.39. The van der Waals surface area contributed by atoms with Crippen LogP contribution in [-0.2, 0) is 6.42 Å². The second-order valence-corrected chi connectivity index (χ2v) is 7.06. The predicted octanol–water partition coefficient (Wildman–Crippen LogP) is 5.25. The smallest absolute Gasteiger partial charge is 0.316 e. The van der Waals surface area contributed by atoms with Gasteiger partial charge in [0.25, 0.3) is 0 Å². The molecule has 1 unspecified atom stereocenters. The molecule has 0 radical (unpaired) electrons. The fourth-order valence-electron chi connectivity index (χ4n) is 2.05. The molecule has 0 aliphatic carbocycles. The Morgan fingerprint density at radius 1 is 1.24 bits per heavy atom. The maximum absolute atomic E-state index is 12.2. The Kier molecular flexibility index (Phi) is 8.74. The van der Waals surface area contributed by atoms with Crippen LogP contribution in [-0.4, -0.2) is 24.4 Å². The second kappa shape index (κ2) is 9.74. The van der Waals surface area contributed by atoms with Crippen LogP contribution in [0.4, 0.5) is 13.2 Å². The van der Waals surface area contributed by atoms with Crippen molar-refractivity contribution in [3.63, 3.8) is 0 Å². The molecule has 0 heterocycles. The summed E-state index contributed by atoms with van der Waals surface area (Å²) in [5.41, 5.74) is -2.96. The van der Waals surface area contributed by atoms with E-state index in [-0.39, 0.29) is 23.4 Å². The summed E-state index contributed by atoms with van der Waals surface area (Å²) in [4.78, 5) is 0. The molecule has 0 saturated heterocycles. The quantitative estimate of drug-likeness (QED) is 0.584. The van der Waals surface area contributed by atoms with E-state index < -0.39 is 5.51 Å². The largest absolute Gasteiger partial charge is 0.441 e. The molecule has 0 aliphatic rings. The Labute approximate surface area is 137 Å². The highest BCUT2D eigenvalue weighted by atomic mass is 79.9. The zero-order valence-electron chi connectivity index (χ0n) is 12.0. The summed E-state index contributed by atoms with van der Waals surface area (Å²) < 4.78 is 37.7. The zero-order valence-corrected chi connectivity index (χ0v) is 14.5. The summed E-state index contributed by atoms with van der Waals surface area (Å²) in [5.74, 6) is 0.353. The lowest BCUT2D eigenvalue weighted by atomic mass is 9.97. The van der Waals surface area contributed by atoms with Crippen molar-refractivity contribution in [2.75, 3.05) is 18.8 Å². The Hall–Kier alpha value is -0.200. The van der Waals surface area contributed by atoms with Crippen LogP contribution in [0.1, 0.15) is 25.3 Å². The van der Waals surface area contributed by atoms with Gasteiger partial charge >= 0.3 is 5.51 Å². The van der Waals surface area contributed by atoms with Crippen molar-refractivity contribution in [2.24, 2.45) is 5.92 Å². The van der Waals surface area contributed by atoms with Gasteiger partial charge in [-0.15, -0.1) is 0 Å². The number of hydrogen-bond acceptors (Lipinski definition) is 2. The van der Waals surface area contributed by atoms with E-state index >= 15 is 0 Å².